The lowest BCUT2D eigenvalue weighted by atomic mass is 9.97. The van der Waals surface area contributed by atoms with Crippen LogP contribution in [-0.2, 0) is 22.0 Å². The molecule has 31 heavy (non-hydrogen) atoms. The van der Waals surface area contributed by atoms with E-state index in [2.05, 4.69) is 37.6 Å². The normalized spacial score (nSPS) is 18.0. The summed E-state index contributed by atoms with van der Waals surface area (Å²) in [6.07, 6.45) is 18.4. The van der Waals surface area contributed by atoms with Crippen molar-refractivity contribution >= 4 is 10.7 Å². The van der Waals surface area contributed by atoms with Crippen LogP contribution >= 0.6 is 0 Å². The minimum Gasteiger partial charge on any atom is -0.285 e. The van der Waals surface area contributed by atoms with Gasteiger partial charge in [-0.1, -0.05) is 84.5 Å². The van der Waals surface area contributed by atoms with E-state index in [1.165, 1.54) is 82.6 Å². The summed E-state index contributed by atoms with van der Waals surface area (Å²) in [5.41, 5.74) is 2.15. The molecule has 6 heteroatoms. The van der Waals surface area contributed by atoms with Crippen LogP contribution in [0.4, 0.5) is 0 Å². The van der Waals surface area contributed by atoms with Gasteiger partial charge in [0.05, 0.1) is 11.7 Å². The summed E-state index contributed by atoms with van der Waals surface area (Å²) in [4.78, 5) is 11.8. The number of nitrogens with zero attached hydrogens (tertiary/aromatic N) is 3. The summed E-state index contributed by atoms with van der Waals surface area (Å²) in [5, 5.41) is 0. The molecule has 1 aromatic heterocycles. The fraction of sp³-hybridized carbons (Fsp3) is 0.840. The Kier molecular flexibility index (Phi) is 11.4. The molecule has 178 valence electrons. The highest BCUT2D eigenvalue weighted by atomic mass is 32.2. The largest absolute Gasteiger partial charge is 0.285 e. The fourth-order valence-corrected chi connectivity index (χ4v) is 5.33. The predicted molar refractivity (Wildman–Crippen MR) is 130 cm³/mol. The van der Waals surface area contributed by atoms with Gasteiger partial charge in [-0.3, -0.25) is 4.90 Å². The highest BCUT2D eigenvalue weighted by Gasteiger charge is 2.44. The van der Waals surface area contributed by atoms with Gasteiger partial charge in [0, 0.05) is 17.3 Å². The van der Waals surface area contributed by atoms with Crippen LogP contribution in [0, 0.1) is 0 Å². The number of unbranched alkanes of at least 4 members (excludes halogenated alkanes) is 10. The van der Waals surface area contributed by atoms with E-state index in [4.69, 9.17) is 4.98 Å². The third-order valence-electron chi connectivity index (χ3n) is 6.79. The van der Waals surface area contributed by atoms with Crippen LogP contribution in [-0.4, -0.2) is 29.8 Å². The average molecular weight is 452 g/mol. The van der Waals surface area contributed by atoms with Crippen LogP contribution in [0.15, 0.2) is 6.20 Å². The van der Waals surface area contributed by atoms with Crippen LogP contribution < -0.4 is 0 Å². The van der Waals surface area contributed by atoms with Gasteiger partial charge in [-0.25, -0.2) is 18.4 Å². The quantitative estimate of drug-likeness (QED) is 0.236. The lowest BCUT2D eigenvalue weighted by Crippen LogP contribution is -2.38. The molecular weight excluding hydrogens is 406 g/mol. The maximum absolute atomic E-state index is 11.2. The van der Waals surface area contributed by atoms with Crippen molar-refractivity contribution in [2.45, 2.75) is 128 Å². The standard InChI is InChI=1S/C25H45N3O2S/c1-5-7-9-11-13-15-17-22-24-21(19-26-23(27-24)20-31(29)30)25(3,4)28(22)18-16-14-12-10-8-6-2/h19,22,31H,5-18,20H2,1-4H3. The highest BCUT2D eigenvalue weighted by Crippen LogP contribution is 2.47. The second-order valence-corrected chi connectivity index (χ2v) is 10.7. The smallest absolute Gasteiger partial charge is 0.147 e. The summed E-state index contributed by atoms with van der Waals surface area (Å²) in [6, 6.07) is 0.276. The van der Waals surface area contributed by atoms with Gasteiger partial charge in [0.1, 0.15) is 22.3 Å². The number of rotatable bonds is 16. The Morgan fingerprint density at radius 3 is 2.10 bits per heavy atom. The van der Waals surface area contributed by atoms with E-state index in [-0.39, 0.29) is 17.3 Å². The van der Waals surface area contributed by atoms with Crippen molar-refractivity contribution < 1.29 is 8.42 Å². The molecule has 0 amide bonds. The van der Waals surface area contributed by atoms with Gasteiger partial charge in [0.25, 0.3) is 0 Å². The second kappa shape index (κ2) is 13.5. The second-order valence-electron chi connectivity index (χ2n) is 9.67. The van der Waals surface area contributed by atoms with Crippen molar-refractivity contribution in [1.29, 1.82) is 0 Å². The Labute approximate surface area is 192 Å². The summed E-state index contributed by atoms with van der Waals surface area (Å²) >= 11 is 0. The molecule has 1 aliphatic rings. The molecule has 0 aromatic carbocycles. The highest BCUT2D eigenvalue weighted by molar-refractivity contribution is 7.71. The molecule has 0 saturated heterocycles. The molecule has 5 nitrogen and oxygen atoms in total. The van der Waals surface area contributed by atoms with E-state index < -0.39 is 10.7 Å². The Hall–Kier alpha value is -1.01. The van der Waals surface area contributed by atoms with E-state index in [0.29, 0.717) is 5.82 Å². The van der Waals surface area contributed by atoms with Gasteiger partial charge in [-0.2, -0.15) is 0 Å². The molecule has 0 aliphatic carbocycles. The topological polar surface area (TPSA) is 63.2 Å². The third kappa shape index (κ3) is 7.81. The van der Waals surface area contributed by atoms with Gasteiger partial charge >= 0.3 is 0 Å². The maximum Gasteiger partial charge on any atom is 0.147 e. The van der Waals surface area contributed by atoms with Crippen LogP contribution in [0.2, 0.25) is 0 Å². The molecule has 0 saturated carbocycles. The van der Waals surface area contributed by atoms with Crippen LogP contribution in [0.3, 0.4) is 0 Å². The minimum absolute atomic E-state index is 0.0653. The van der Waals surface area contributed by atoms with Crippen molar-refractivity contribution in [1.82, 2.24) is 14.9 Å². The zero-order valence-electron chi connectivity index (χ0n) is 20.4. The van der Waals surface area contributed by atoms with Crippen LogP contribution in [0.1, 0.15) is 134 Å². The molecule has 1 aliphatic heterocycles. The monoisotopic (exact) mass is 451 g/mol. The molecule has 0 spiro atoms. The summed E-state index contributed by atoms with van der Waals surface area (Å²) in [7, 11) is -2.51. The summed E-state index contributed by atoms with van der Waals surface area (Å²) in [6.45, 7) is 10.1. The van der Waals surface area contributed by atoms with Crippen molar-refractivity contribution in [2.24, 2.45) is 0 Å². The van der Waals surface area contributed by atoms with E-state index in [9.17, 15) is 8.42 Å². The molecule has 2 rings (SSSR count). The van der Waals surface area contributed by atoms with Gasteiger partial charge in [-0.05, 0) is 33.2 Å². The van der Waals surface area contributed by atoms with E-state index >= 15 is 0 Å². The number of hydrogen-bond donors (Lipinski definition) is 1. The molecular formula is C25H45N3O2S. The predicted octanol–water partition coefficient (Wildman–Crippen LogP) is 6.29. The van der Waals surface area contributed by atoms with Crippen LogP contribution in [0.25, 0.3) is 0 Å². The lowest BCUT2D eigenvalue weighted by Gasteiger charge is -2.36. The zero-order chi connectivity index (χ0) is 22.7. The third-order valence-corrected chi connectivity index (χ3v) is 7.33. The zero-order valence-corrected chi connectivity index (χ0v) is 21.3. The minimum atomic E-state index is -2.51. The molecule has 0 fully saturated rings. The maximum atomic E-state index is 11.2. The SMILES string of the molecule is CCCCCCCCC1c2nc(C[SH](=O)=O)ncc2C(C)(C)N1CCCCCCCC. The molecule has 0 radical (unpaired) electrons. The number of fused-ring (bicyclic) bond motifs is 1. The number of thiol groups is 1. The van der Waals surface area contributed by atoms with Crippen LogP contribution in [0.5, 0.6) is 0 Å². The Bertz CT molecular complexity index is 725. The molecule has 0 bridgehead atoms. The summed E-state index contributed by atoms with van der Waals surface area (Å²) < 4.78 is 22.5. The van der Waals surface area contributed by atoms with E-state index in [0.717, 1.165) is 18.7 Å². The van der Waals surface area contributed by atoms with Crippen molar-refractivity contribution in [3.05, 3.63) is 23.3 Å². The first-order chi connectivity index (χ1) is 14.9. The molecule has 1 atom stereocenters. The number of hydrogen-bond acceptors (Lipinski definition) is 5. The van der Waals surface area contributed by atoms with E-state index in [1.807, 2.05) is 6.20 Å². The van der Waals surface area contributed by atoms with Crippen molar-refractivity contribution in [3.63, 3.8) is 0 Å². The first-order valence-corrected chi connectivity index (χ1v) is 14.0. The van der Waals surface area contributed by atoms with Crippen molar-refractivity contribution in [2.75, 3.05) is 6.54 Å². The average Bonchev–Trinajstić information content (AvgIpc) is 2.93. The first kappa shape index (κ1) is 26.2. The lowest BCUT2D eigenvalue weighted by molar-refractivity contribution is 0.0840. The Morgan fingerprint density at radius 2 is 1.48 bits per heavy atom. The molecule has 0 N–H and O–H groups in total. The summed E-state index contributed by atoms with van der Waals surface area (Å²) in [5.74, 6) is 0.379. The van der Waals surface area contributed by atoms with Gasteiger partial charge in [-0.15, -0.1) is 0 Å². The first-order valence-electron chi connectivity index (χ1n) is 12.7. The van der Waals surface area contributed by atoms with Crippen molar-refractivity contribution in [3.8, 4) is 0 Å². The van der Waals surface area contributed by atoms with Gasteiger partial charge < -0.3 is 0 Å². The van der Waals surface area contributed by atoms with Gasteiger partial charge in [0.2, 0.25) is 0 Å². The number of aromatic nitrogens is 2. The Morgan fingerprint density at radius 1 is 0.903 bits per heavy atom. The molecule has 1 aromatic rings. The van der Waals surface area contributed by atoms with E-state index in [1.54, 1.807) is 0 Å². The Balaban J connectivity index is 2.10. The molecule has 1 unspecified atom stereocenters. The van der Waals surface area contributed by atoms with Gasteiger partial charge in [0.15, 0.2) is 0 Å². The molecule has 2 heterocycles. The fourth-order valence-electron chi connectivity index (χ4n) is 4.95.